The monoisotopic (exact) mass is 203 g/mol. The quantitative estimate of drug-likeness (QED) is 0.604. The third-order valence-electron chi connectivity index (χ3n) is 1.20. The highest BCUT2D eigenvalue weighted by Crippen LogP contribution is 2.50. The first-order chi connectivity index (χ1) is 4.30. The molecule has 9 heavy (non-hydrogen) atoms. The van der Waals surface area contributed by atoms with E-state index in [1.807, 2.05) is 11.8 Å². The van der Waals surface area contributed by atoms with Gasteiger partial charge in [-0.25, -0.2) is 0 Å². The van der Waals surface area contributed by atoms with Gasteiger partial charge in [0, 0.05) is 24.6 Å². The van der Waals surface area contributed by atoms with Crippen molar-refractivity contribution in [1.29, 1.82) is 0 Å². The molecule has 0 aromatic carbocycles. The largest absolute Gasteiger partial charge is 0.256 e. The fourth-order valence-corrected chi connectivity index (χ4v) is 3.29. The van der Waals surface area contributed by atoms with Gasteiger partial charge in [-0.15, -0.1) is 0 Å². The van der Waals surface area contributed by atoms with Crippen LogP contribution in [0.25, 0.3) is 0 Å². The minimum atomic E-state index is -0.854. The van der Waals surface area contributed by atoms with Gasteiger partial charge in [0.1, 0.15) is 0 Å². The van der Waals surface area contributed by atoms with E-state index in [4.69, 9.17) is 22.5 Å². The van der Waals surface area contributed by atoms with Crippen LogP contribution < -0.4 is 0 Å². The molecule has 0 aliphatic carbocycles. The number of hydrogen-bond donors (Lipinski definition) is 0. The molecule has 1 aliphatic heterocycles. The molecule has 1 heterocycles. The second-order valence-corrected chi connectivity index (χ2v) is 6.44. The van der Waals surface area contributed by atoms with Gasteiger partial charge in [-0.2, -0.15) is 11.8 Å². The van der Waals surface area contributed by atoms with E-state index in [1.165, 1.54) is 11.5 Å². The first-order valence-electron chi connectivity index (χ1n) is 2.75. The maximum absolute atomic E-state index is 5.70. The number of thioether (sulfide) groups is 1. The zero-order chi connectivity index (χ0) is 6.69. The zero-order valence-corrected chi connectivity index (χ0v) is 8.11. The number of halogens is 2. The van der Waals surface area contributed by atoms with Crippen LogP contribution in [0.1, 0.15) is 0 Å². The lowest BCUT2D eigenvalue weighted by Gasteiger charge is -2.25. The molecule has 0 atom stereocenters. The normalized spacial score (nSPS) is 23.0. The van der Waals surface area contributed by atoms with Crippen molar-refractivity contribution < 1.29 is 0 Å². The van der Waals surface area contributed by atoms with E-state index in [-0.39, 0.29) is 0 Å². The standard InChI is InChI=1S/C4H8Cl2NPS/c5-8(6)7-1-3-9-4-2-7/h1-4H2. The second-order valence-electron chi connectivity index (χ2n) is 1.78. The number of hydrogen-bond acceptors (Lipinski definition) is 2. The van der Waals surface area contributed by atoms with Gasteiger partial charge in [-0.1, -0.05) is 22.5 Å². The van der Waals surface area contributed by atoms with Crippen LogP contribution in [0.3, 0.4) is 0 Å². The van der Waals surface area contributed by atoms with Crippen molar-refractivity contribution in [3.63, 3.8) is 0 Å². The molecule has 5 heteroatoms. The Morgan fingerprint density at radius 2 is 1.78 bits per heavy atom. The summed E-state index contributed by atoms with van der Waals surface area (Å²) < 4.78 is 2.13. The molecule has 1 nitrogen and oxygen atoms in total. The lowest BCUT2D eigenvalue weighted by molar-refractivity contribution is 0.516. The van der Waals surface area contributed by atoms with E-state index in [0.717, 1.165) is 13.1 Å². The predicted molar refractivity (Wildman–Crippen MR) is 47.5 cm³/mol. The highest BCUT2D eigenvalue weighted by molar-refractivity contribution is 8.02. The minimum Gasteiger partial charge on any atom is -0.256 e. The molecule has 54 valence electrons. The Labute approximate surface area is 70.5 Å². The van der Waals surface area contributed by atoms with Gasteiger partial charge >= 0.3 is 0 Å². The van der Waals surface area contributed by atoms with Gasteiger partial charge < -0.3 is 0 Å². The van der Waals surface area contributed by atoms with E-state index in [1.54, 1.807) is 0 Å². The molecule has 0 bridgehead atoms. The van der Waals surface area contributed by atoms with Crippen molar-refractivity contribution in [2.24, 2.45) is 0 Å². The number of nitrogens with zero attached hydrogens (tertiary/aromatic N) is 1. The topological polar surface area (TPSA) is 3.24 Å². The van der Waals surface area contributed by atoms with Crippen LogP contribution in [-0.4, -0.2) is 29.3 Å². The van der Waals surface area contributed by atoms with Gasteiger partial charge in [0.15, 0.2) is 6.78 Å². The molecule has 0 aromatic rings. The molecular weight excluding hydrogens is 196 g/mol. The summed E-state index contributed by atoms with van der Waals surface area (Å²) in [4.78, 5) is 0. The molecule has 0 aromatic heterocycles. The van der Waals surface area contributed by atoms with Gasteiger partial charge in [-0.05, 0) is 0 Å². The van der Waals surface area contributed by atoms with E-state index >= 15 is 0 Å². The summed E-state index contributed by atoms with van der Waals surface area (Å²) in [6.07, 6.45) is 0. The second kappa shape index (κ2) is 4.25. The molecule has 0 radical (unpaired) electrons. The molecule has 0 saturated carbocycles. The highest BCUT2D eigenvalue weighted by Gasteiger charge is 2.15. The van der Waals surface area contributed by atoms with Crippen molar-refractivity contribution >= 4 is 41.0 Å². The van der Waals surface area contributed by atoms with Crippen LogP contribution in [0.4, 0.5) is 0 Å². The molecule has 0 N–H and O–H groups in total. The van der Waals surface area contributed by atoms with Crippen molar-refractivity contribution in [2.75, 3.05) is 24.6 Å². The van der Waals surface area contributed by atoms with Gasteiger partial charge in [0.25, 0.3) is 0 Å². The maximum atomic E-state index is 5.70. The minimum absolute atomic E-state index is 0.854. The summed E-state index contributed by atoms with van der Waals surface area (Å²) in [5, 5.41) is 0. The van der Waals surface area contributed by atoms with Gasteiger partial charge in [-0.3, -0.25) is 4.67 Å². The first kappa shape index (κ1) is 8.42. The van der Waals surface area contributed by atoms with E-state index in [0.29, 0.717) is 0 Å². The molecule has 0 unspecified atom stereocenters. The number of rotatable bonds is 1. The highest BCUT2D eigenvalue weighted by atomic mass is 35.9. The van der Waals surface area contributed by atoms with Gasteiger partial charge in [0.05, 0.1) is 0 Å². The summed E-state index contributed by atoms with van der Waals surface area (Å²) in [6, 6.07) is 0. The average molecular weight is 204 g/mol. The van der Waals surface area contributed by atoms with Crippen LogP contribution in [0.15, 0.2) is 0 Å². The third-order valence-corrected chi connectivity index (χ3v) is 4.25. The fraction of sp³-hybridized carbons (Fsp3) is 1.00. The Balaban J connectivity index is 2.23. The van der Waals surface area contributed by atoms with Crippen LogP contribution in [0.2, 0.25) is 0 Å². The van der Waals surface area contributed by atoms with E-state index in [9.17, 15) is 0 Å². The molecule has 1 rings (SSSR count). The van der Waals surface area contributed by atoms with Crippen LogP contribution in [0, 0.1) is 0 Å². The smallest absolute Gasteiger partial charge is 0.159 e. The Bertz CT molecular complexity index is 86.6. The average Bonchev–Trinajstić information content (AvgIpc) is 1.90. The summed E-state index contributed by atoms with van der Waals surface area (Å²) in [5.74, 6) is 2.36. The molecule has 0 spiro atoms. The third kappa shape index (κ3) is 2.81. The van der Waals surface area contributed by atoms with E-state index < -0.39 is 6.78 Å². The Morgan fingerprint density at radius 1 is 1.22 bits per heavy atom. The maximum Gasteiger partial charge on any atom is 0.159 e. The van der Waals surface area contributed by atoms with Gasteiger partial charge in [0.2, 0.25) is 0 Å². The van der Waals surface area contributed by atoms with Crippen LogP contribution in [-0.2, 0) is 0 Å². The summed E-state index contributed by atoms with van der Waals surface area (Å²) in [7, 11) is 0. The van der Waals surface area contributed by atoms with Crippen LogP contribution in [0.5, 0.6) is 0 Å². The lowest BCUT2D eigenvalue weighted by atomic mass is 10.6. The van der Waals surface area contributed by atoms with E-state index in [2.05, 4.69) is 4.67 Å². The summed E-state index contributed by atoms with van der Waals surface area (Å²) >= 11 is 13.4. The van der Waals surface area contributed by atoms with Crippen molar-refractivity contribution in [3.8, 4) is 0 Å². The Kier molecular flexibility index (Phi) is 3.98. The lowest BCUT2D eigenvalue weighted by Crippen LogP contribution is -2.25. The molecule has 1 saturated heterocycles. The Morgan fingerprint density at radius 3 is 2.11 bits per heavy atom. The van der Waals surface area contributed by atoms with Crippen molar-refractivity contribution in [3.05, 3.63) is 0 Å². The zero-order valence-electron chi connectivity index (χ0n) is 4.89. The molecular formula is C4H8Cl2NPS. The molecule has 1 aliphatic rings. The molecule has 1 fully saturated rings. The van der Waals surface area contributed by atoms with Crippen LogP contribution >= 0.6 is 41.0 Å². The molecule has 0 amide bonds. The van der Waals surface area contributed by atoms with Crippen molar-refractivity contribution in [2.45, 2.75) is 0 Å². The predicted octanol–water partition coefficient (Wildman–Crippen LogP) is 2.74. The van der Waals surface area contributed by atoms with Crippen molar-refractivity contribution in [1.82, 2.24) is 4.67 Å². The first-order valence-corrected chi connectivity index (χ1v) is 7.01. The fourth-order valence-electron chi connectivity index (χ4n) is 0.705. The summed E-state index contributed by atoms with van der Waals surface area (Å²) in [6.45, 7) is 1.26. The SMILES string of the molecule is ClP(Cl)N1CCSCC1. The summed E-state index contributed by atoms with van der Waals surface area (Å²) in [5.41, 5.74) is 0. The Hall–Kier alpha value is 1.32.